The first kappa shape index (κ1) is 22.8. The largest absolute Gasteiger partial charge is 0.467 e. The second-order valence-electron chi connectivity index (χ2n) is 8.06. The molecule has 1 aliphatic rings. The Balaban J connectivity index is 1.58. The molecule has 33 heavy (non-hydrogen) atoms. The second-order valence-corrected chi connectivity index (χ2v) is 9.01. The molecule has 0 bridgehead atoms. The molecule has 0 radical (unpaired) electrons. The van der Waals surface area contributed by atoms with Crippen LogP contribution in [0.3, 0.4) is 0 Å². The second kappa shape index (κ2) is 11.0. The molecule has 1 aromatic carbocycles. The van der Waals surface area contributed by atoms with Crippen molar-refractivity contribution in [3.63, 3.8) is 0 Å². The predicted octanol–water partition coefficient (Wildman–Crippen LogP) is 3.90. The maximum absolute atomic E-state index is 13.5. The summed E-state index contributed by atoms with van der Waals surface area (Å²) in [5.41, 5.74) is 0.706. The smallest absolute Gasteiger partial charge is 0.261 e. The third kappa shape index (κ3) is 5.90. The molecule has 8 heteroatoms. The molecule has 1 aliphatic carbocycles. The molecule has 7 nitrogen and oxygen atoms in total. The van der Waals surface area contributed by atoms with Crippen molar-refractivity contribution in [2.75, 3.05) is 6.54 Å². The van der Waals surface area contributed by atoms with E-state index in [2.05, 4.69) is 10.6 Å². The summed E-state index contributed by atoms with van der Waals surface area (Å²) in [6.07, 6.45) is 5.59. The lowest BCUT2D eigenvalue weighted by atomic mass is 10.0. The predicted molar refractivity (Wildman–Crippen MR) is 125 cm³/mol. The van der Waals surface area contributed by atoms with Crippen molar-refractivity contribution in [1.29, 1.82) is 0 Å². The average Bonchev–Trinajstić information content (AvgIpc) is 3.61. The zero-order valence-corrected chi connectivity index (χ0v) is 19.1. The van der Waals surface area contributed by atoms with Crippen molar-refractivity contribution < 1.29 is 18.8 Å². The molecule has 172 valence electrons. The van der Waals surface area contributed by atoms with Crippen LogP contribution in [0.2, 0.25) is 0 Å². The summed E-state index contributed by atoms with van der Waals surface area (Å²) in [6, 6.07) is 15.5. The van der Waals surface area contributed by atoms with Gasteiger partial charge in [0.1, 0.15) is 11.8 Å². The van der Waals surface area contributed by atoms with E-state index in [-0.39, 0.29) is 36.9 Å². The average molecular weight is 466 g/mol. The summed E-state index contributed by atoms with van der Waals surface area (Å²) in [5, 5.41) is 7.62. The van der Waals surface area contributed by atoms with Crippen LogP contribution in [-0.2, 0) is 16.1 Å². The van der Waals surface area contributed by atoms with E-state index in [1.165, 1.54) is 22.5 Å². The van der Waals surface area contributed by atoms with Crippen LogP contribution in [0.15, 0.2) is 70.7 Å². The summed E-state index contributed by atoms with van der Waals surface area (Å²) < 4.78 is 5.49. The lowest BCUT2D eigenvalue weighted by molar-refractivity contribution is -0.141. The highest BCUT2D eigenvalue weighted by Gasteiger charge is 2.33. The van der Waals surface area contributed by atoms with Crippen LogP contribution in [0.25, 0.3) is 0 Å². The normalized spacial score (nSPS) is 14.5. The quantitative estimate of drug-likeness (QED) is 0.501. The Morgan fingerprint density at radius 2 is 1.82 bits per heavy atom. The number of thiophene rings is 1. The van der Waals surface area contributed by atoms with E-state index in [4.69, 9.17) is 4.42 Å². The number of nitrogens with zero attached hydrogens (tertiary/aromatic N) is 1. The van der Waals surface area contributed by atoms with Gasteiger partial charge in [-0.2, -0.15) is 0 Å². The SMILES string of the molecule is O=C(NCC(=O)N(Cc1ccco1)C(C(=O)NC1CCCC1)c1ccccc1)c1cccs1. The van der Waals surface area contributed by atoms with Crippen LogP contribution in [0.4, 0.5) is 0 Å². The first-order chi connectivity index (χ1) is 16.1. The minimum Gasteiger partial charge on any atom is -0.467 e. The van der Waals surface area contributed by atoms with Gasteiger partial charge in [-0.3, -0.25) is 14.4 Å². The van der Waals surface area contributed by atoms with E-state index in [0.29, 0.717) is 16.2 Å². The molecule has 1 atom stereocenters. The Morgan fingerprint density at radius 1 is 1.03 bits per heavy atom. The number of rotatable bonds is 9. The van der Waals surface area contributed by atoms with Gasteiger partial charge in [0.25, 0.3) is 5.91 Å². The third-order valence-electron chi connectivity index (χ3n) is 5.75. The fourth-order valence-electron chi connectivity index (χ4n) is 4.10. The highest BCUT2D eigenvalue weighted by atomic mass is 32.1. The van der Waals surface area contributed by atoms with Crippen LogP contribution in [0.1, 0.15) is 52.7 Å². The van der Waals surface area contributed by atoms with Crippen LogP contribution in [-0.4, -0.2) is 35.2 Å². The number of hydrogen-bond donors (Lipinski definition) is 2. The van der Waals surface area contributed by atoms with Crippen LogP contribution in [0, 0.1) is 0 Å². The monoisotopic (exact) mass is 465 g/mol. The van der Waals surface area contributed by atoms with E-state index >= 15 is 0 Å². The van der Waals surface area contributed by atoms with Gasteiger partial charge in [0.2, 0.25) is 11.8 Å². The van der Waals surface area contributed by atoms with Crippen molar-refractivity contribution >= 4 is 29.1 Å². The van der Waals surface area contributed by atoms with Crippen molar-refractivity contribution in [2.45, 2.75) is 44.3 Å². The Hall–Kier alpha value is -3.39. The van der Waals surface area contributed by atoms with Crippen LogP contribution >= 0.6 is 11.3 Å². The molecule has 1 unspecified atom stereocenters. The number of carbonyl (C=O) groups is 3. The first-order valence-corrected chi connectivity index (χ1v) is 12.0. The van der Waals surface area contributed by atoms with Gasteiger partial charge in [-0.1, -0.05) is 49.2 Å². The van der Waals surface area contributed by atoms with Gasteiger partial charge >= 0.3 is 0 Å². The summed E-state index contributed by atoms with van der Waals surface area (Å²) >= 11 is 1.30. The summed E-state index contributed by atoms with van der Waals surface area (Å²) in [7, 11) is 0. The standard InChI is InChI=1S/C25H27N3O4S/c29-22(16-26-24(30)21-13-7-15-33-21)28(17-20-12-6-14-32-20)23(18-8-2-1-3-9-18)25(31)27-19-10-4-5-11-19/h1-3,6-9,12-15,19,23H,4-5,10-11,16-17H2,(H,26,30)(H,27,31). The molecule has 2 N–H and O–H groups in total. The zero-order valence-electron chi connectivity index (χ0n) is 18.2. The Kier molecular flexibility index (Phi) is 7.57. The number of amides is 3. The Bertz CT molecular complexity index is 1040. The Morgan fingerprint density at radius 3 is 2.48 bits per heavy atom. The lowest BCUT2D eigenvalue weighted by Gasteiger charge is -2.31. The number of furan rings is 1. The van der Waals surface area contributed by atoms with Crippen molar-refractivity contribution in [3.05, 3.63) is 82.4 Å². The minimum absolute atomic E-state index is 0.109. The van der Waals surface area contributed by atoms with Crippen molar-refractivity contribution in [3.8, 4) is 0 Å². The molecular weight excluding hydrogens is 438 g/mol. The maximum atomic E-state index is 13.5. The highest BCUT2D eigenvalue weighted by Crippen LogP contribution is 2.26. The molecule has 3 amide bonds. The number of benzene rings is 1. The van der Waals surface area contributed by atoms with E-state index in [1.54, 1.807) is 29.6 Å². The third-order valence-corrected chi connectivity index (χ3v) is 6.62. The summed E-state index contributed by atoms with van der Waals surface area (Å²) in [6.45, 7) is -0.115. The molecule has 0 aliphatic heterocycles. The van der Waals surface area contributed by atoms with E-state index in [0.717, 1.165) is 25.7 Å². The topological polar surface area (TPSA) is 91.7 Å². The van der Waals surface area contributed by atoms with Crippen molar-refractivity contribution in [1.82, 2.24) is 15.5 Å². The fraction of sp³-hybridized carbons (Fsp3) is 0.320. The molecule has 0 spiro atoms. The summed E-state index contributed by atoms with van der Waals surface area (Å²) in [4.78, 5) is 41.3. The zero-order chi connectivity index (χ0) is 23.0. The van der Waals surface area contributed by atoms with Crippen LogP contribution in [0.5, 0.6) is 0 Å². The molecular formula is C25H27N3O4S. The first-order valence-electron chi connectivity index (χ1n) is 11.1. The molecule has 2 heterocycles. The molecule has 1 saturated carbocycles. The van der Waals surface area contributed by atoms with E-state index in [1.807, 2.05) is 30.3 Å². The van der Waals surface area contributed by atoms with Gasteiger partial charge < -0.3 is 20.0 Å². The van der Waals surface area contributed by atoms with Gasteiger partial charge in [-0.25, -0.2) is 0 Å². The minimum atomic E-state index is -0.844. The molecule has 2 aromatic heterocycles. The molecule has 1 fully saturated rings. The van der Waals surface area contributed by atoms with Gasteiger partial charge in [0.05, 0.1) is 24.2 Å². The number of nitrogens with one attached hydrogen (secondary N) is 2. The van der Waals surface area contributed by atoms with E-state index in [9.17, 15) is 14.4 Å². The number of hydrogen-bond acceptors (Lipinski definition) is 5. The summed E-state index contributed by atoms with van der Waals surface area (Å²) in [5.74, 6) is -0.352. The molecule has 4 rings (SSSR count). The highest BCUT2D eigenvalue weighted by molar-refractivity contribution is 7.12. The van der Waals surface area contributed by atoms with E-state index < -0.39 is 6.04 Å². The number of carbonyl (C=O) groups excluding carboxylic acids is 3. The van der Waals surface area contributed by atoms with Crippen molar-refractivity contribution in [2.24, 2.45) is 0 Å². The maximum Gasteiger partial charge on any atom is 0.261 e. The molecule has 3 aromatic rings. The van der Waals surface area contributed by atoms with Crippen LogP contribution < -0.4 is 10.6 Å². The Labute approximate surface area is 196 Å². The van der Waals surface area contributed by atoms with Gasteiger partial charge in [-0.05, 0) is 42.0 Å². The lowest BCUT2D eigenvalue weighted by Crippen LogP contribution is -2.48. The molecule has 0 saturated heterocycles. The van der Waals surface area contributed by atoms with Gasteiger partial charge in [0.15, 0.2) is 0 Å². The van der Waals surface area contributed by atoms with Gasteiger partial charge in [-0.15, -0.1) is 11.3 Å². The van der Waals surface area contributed by atoms with Gasteiger partial charge in [0, 0.05) is 6.04 Å². The fourth-order valence-corrected chi connectivity index (χ4v) is 4.74.